The number of aromatic nitrogens is 4. The first-order chi connectivity index (χ1) is 8.36. The van der Waals surface area contributed by atoms with E-state index >= 15 is 0 Å². The van der Waals surface area contributed by atoms with E-state index in [1.165, 1.54) is 17.9 Å². The van der Waals surface area contributed by atoms with E-state index in [2.05, 4.69) is 22.4 Å². The number of rotatable bonds is 5. The Bertz CT molecular complexity index is 343. The molecule has 2 unspecified atom stereocenters. The van der Waals surface area contributed by atoms with Gasteiger partial charge >= 0.3 is 0 Å². The number of hydrogen-bond acceptors (Lipinski definition) is 6. The van der Waals surface area contributed by atoms with E-state index in [1.807, 2.05) is 28.2 Å². The maximum atomic E-state index is 5.54. The molecule has 1 aromatic rings. The van der Waals surface area contributed by atoms with Crippen LogP contribution in [0.1, 0.15) is 30.8 Å². The zero-order chi connectivity index (χ0) is 12.1. The summed E-state index contributed by atoms with van der Waals surface area (Å²) in [7, 11) is 0. The molecular formula is C10H19N5S2. The fourth-order valence-electron chi connectivity index (χ4n) is 1.96. The summed E-state index contributed by atoms with van der Waals surface area (Å²) in [6, 6.07) is 0. The Morgan fingerprint density at radius 1 is 1.41 bits per heavy atom. The standard InChI is InChI=1S/C10H19N5S2/c1-2-8-9(17-7-6-16-8)10-12-13-14-15(10)5-3-4-11/h8-9H,2-7,11H2,1H3. The van der Waals surface area contributed by atoms with Crippen LogP contribution in [0.15, 0.2) is 0 Å². The molecule has 2 N–H and O–H groups in total. The summed E-state index contributed by atoms with van der Waals surface area (Å²) in [5.41, 5.74) is 5.54. The Balaban J connectivity index is 2.11. The Morgan fingerprint density at radius 3 is 3.00 bits per heavy atom. The predicted molar refractivity (Wildman–Crippen MR) is 73.2 cm³/mol. The summed E-state index contributed by atoms with van der Waals surface area (Å²) in [6.07, 6.45) is 2.10. The molecule has 2 heterocycles. The van der Waals surface area contributed by atoms with Crippen molar-refractivity contribution in [3.63, 3.8) is 0 Å². The van der Waals surface area contributed by atoms with Crippen LogP contribution in [-0.2, 0) is 6.54 Å². The van der Waals surface area contributed by atoms with Crippen LogP contribution in [0, 0.1) is 0 Å². The molecule has 2 rings (SSSR count). The molecule has 1 saturated heterocycles. The molecule has 0 aromatic carbocycles. The lowest BCUT2D eigenvalue weighted by atomic mass is 10.2. The minimum Gasteiger partial charge on any atom is -0.330 e. The van der Waals surface area contributed by atoms with Crippen LogP contribution in [0.5, 0.6) is 0 Å². The van der Waals surface area contributed by atoms with E-state index in [-0.39, 0.29) is 0 Å². The van der Waals surface area contributed by atoms with E-state index in [9.17, 15) is 0 Å². The normalized spacial score (nSPS) is 25.1. The van der Waals surface area contributed by atoms with E-state index in [1.54, 1.807) is 0 Å². The van der Waals surface area contributed by atoms with Crippen molar-refractivity contribution in [2.45, 2.75) is 36.8 Å². The van der Waals surface area contributed by atoms with Crippen molar-refractivity contribution in [1.82, 2.24) is 20.2 Å². The molecule has 96 valence electrons. The molecule has 0 amide bonds. The zero-order valence-electron chi connectivity index (χ0n) is 10.1. The quantitative estimate of drug-likeness (QED) is 0.872. The van der Waals surface area contributed by atoms with Crippen LogP contribution in [-0.4, -0.2) is 43.5 Å². The van der Waals surface area contributed by atoms with E-state index in [0.29, 0.717) is 17.0 Å². The Hall–Kier alpha value is -0.270. The summed E-state index contributed by atoms with van der Waals surface area (Å²) >= 11 is 4.03. The van der Waals surface area contributed by atoms with Gasteiger partial charge in [0, 0.05) is 23.3 Å². The molecule has 1 aromatic heterocycles. The van der Waals surface area contributed by atoms with Gasteiger partial charge in [-0.2, -0.15) is 11.8 Å². The largest absolute Gasteiger partial charge is 0.330 e. The molecule has 1 aliphatic heterocycles. The fraction of sp³-hybridized carbons (Fsp3) is 0.900. The molecular weight excluding hydrogens is 254 g/mol. The zero-order valence-corrected chi connectivity index (χ0v) is 11.7. The molecule has 0 bridgehead atoms. The van der Waals surface area contributed by atoms with E-state index < -0.39 is 0 Å². The predicted octanol–water partition coefficient (Wildman–Crippen LogP) is 1.32. The molecule has 2 atom stereocenters. The third kappa shape index (κ3) is 3.14. The van der Waals surface area contributed by atoms with Crippen molar-refractivity contribution in [2.75, 3.05) is 18.1 Å². The SMILES string of the molecule is CCC1SCCSC1c1nnnn1CCCN. The number of nitrogens with zero attached hydrogens (tertiary/aromatic N) is 4. The van der Waals surface area contributed by atoms with Gasteiger partial charge in [0.05, 0.1) is 5.25 Å². The number of hydrogen-bond donors (Lipinski definition) is 1. The minimum absolute atomic E-state index is 0.437. The highest BCUT2D eigenvalue weighted by molar-refractivity contribution is 8.06. The summed E-state index contributed by atoms with van der Waals surface area (Å²) in [5.74, 6) is 3.46. The Kier molecular flexibility index (Phi) is 5.12. The lowest BCUT2D eigenvalue weighted by Gasteiger charge is -2.28. The lowest BCUT2D eigenvalue weighted by Crippen LogP contribution is -2.22. The Labute approximate surface area is 110 Å². The summed E-state index contributed by atoms with van der Waals surface area (Å²) in [5, 5.41) is 13.2. The third-order valence-electron chi connectivity index (χ3n) is 2.84. The van der Waals surface area contributed by atoms with Gasteiger partial charge in [0.2, 0.25) is 0 Å². The van der Waals surface area contributed by atoms with Crippen molar-refractivity contribution >= 4 is 23.5 Å². The van der Waals surface area contributed by atoms with Gasteiger partial charge in [0.25, 0.3) is 0 Å². The number of tetrazole rings is 1. The second kappa shape index (κ2) is 6.61. The maximum Gasteiger partial charge on any atom is 0.165 e. The minimum atomic E-state index is 0.437. The average molecular weight is 273 g/mol. The van der Waals surface area contributed by atoms with Gasteiger partial charge in [-0.25, -0.2) is 4.68 Å². The monoisotopic (exact) mass is 273 g/mol. The van der Waals surface area contributed by atoms with Gasteiger partial charge in [0.15, 0.2) is 5.82 Å². The highest BCUT2D eigenvalue weighted by atomic mass is 32.2. The molecule has 1 fully saturated rings. The molecule has 1 aliphatic rings. The van der Waals surface area contributed by atoms with Crippen LogP contribution in [0.2, 0.25) is 0 Å². The van der Waals surface area contributed by atoms with Crippen molar-refractivity contribution < 1.29 is 0 Å². The summed E-state index contributed by atoms with van der Waals surface area (Å²) in [6.45, 7) is 3.75. The molecule has 0 aliphatic carbocycles. The fourth-order valence-corrected chi connectivity index (χ4v) is 5.01. The number of aryl methyl sites for hydroxylation is 1. The van der Waals surface area contributed by atoms with E-state index in [4.69, 9.17) is 5.73 Å². The van der Waals surface area contributed by atoms with Crippen LogP contribution in [0.3, 0.4) is 0 Å². The van der Waals surface area contributed by atoms with Crippen LogP contribution >= 0.6 is 23.5 Å². The van der Waals surface area contributed by atoms with Gasteiger partial charge < -0.3 is 5.73 Å². The van der Waals surface area contributed by atoms with Gasteiger partial charge in [-0.15, -0.1) is 16.9 Å². The number of thioether (sulfide) groups is 2. The Morgan fingerprint density at radius 2 is 2.24 bits per heavy atom. The summed E-state index contributed by atoms with van der Waals surface area (Å²) in [4.78, 5) is 0. The maximum absolute atomic E-state index is 5.54. The van der Waals surface area contributed by atoms with Crippen molar-refractivity contribution in [3.8, 4) is 0 Å². The van der Waals surface area contributed by atoms with E-state index in [0.717, 1.165) is 18.8 Å². The highest BCUT2D eigenvalue weighted by Gasteiger charge is 2.30. The first-order valence-electron chi connectivity index (χ1n) is 6.06. The smallest absolute Gasteiger partial charge is 0.165 e. The summed E-state index contributed by atoms with van der Waals surface area (Å²) < 4.78 is 1.93. The van der Waals surface area contributed by atoms with Gasteiger partial charge in [-0.05, 0) is 29.8 Å². The number of nitrogens with two attached hydrogens (primary N) is 1. The van der Waals surface area contributed by atoms with Gasteiger partial charge in [0.1, 0.15) is 0 Å². The highest BCUT2D eigenvalue weighted by Crippen LogP contribution is 2.42. The molecule has 0 spiro atoms. The van der Waals surface area contributed by atoms with Crippen molar-refractivity contribution in [2.24, 2.45) is 5.73 Å². The van der Waals surface area contributed by atoms with Gasteiger partial charge in [-0.3, -0.25) is 0 Å². The first kappa shape index (κ1) is 13.2. The second-order valence-corrected chi connectivity index (χ2v) is 6.61. The molecule has 17 heavy (non-hydrogen) atoms. The van der Waals surface area contributed by atoms with Crippen LogP contribution in [0.4, 0.5) is 0 Å². The lowest BCUT2D eigenvalue weighted by molar-refractivity contribution is 0.535. The topological polar surface area (TPSA) is 69.6 Å². The van der Waals surface area contributed by atoms with Crippen LogP contribution in [0.25, 0.3) is 0 Å². The average Bonchev–Trinajstić information content (AvgIpc) is 2.84. The van der Waals surface area contributed by atoms with Crippen molar-refractivity contribution in [1.29, 1.82) is 0 Å². The first-order valence-corrected chi connectivity index (χ1v) is 8.16. The molecule has 7 heteroatoms. The van der Waals surface area contributed by atoms with Gasteiger partial charge in [-0.1, -0.05) is 6.92 Å². The van der Waals surface area contributed by atoms with Crippen LogP contribution < -0.4 is 5.73 Å². The third-order valence-corrected chi connectivity index (χ3v) is 6.08. The molecule has 0 radical (unpaired) electrons. The van der Waals surface area contributed by atoms with Crippen molar-refractivity contribution in [3.05, 3.63) is 5.82 Å². The second-order valence-electron chi connectivity index (χ2n) is 4.01. The molecule has 0 saturated carbocycles. The molecule has 5 nitrogen and oxygen atoms in total.